The van der Waals surface area contributed by atoms with Gasteiger partial charge in [0.2, 0.25) is 0 Å². The molecule has 2 amide bonds. The molecule has 2 aromatic carbocycles. The van der Waals surface area contributed by atoms with Gasteiger partial charge in [0.25, 0.3) is 11.8 Å². The molecule has 26 heavy (non-hydrogen) atoms. The largest absolute Gasteiger partial charge is 0.312 e. The average molecular weight is 351 g/mol. The van der Waals surface area contributed by atoms with Gasteiger partial charge in [-0.15, -0.1) is 0 Å². The summed E-state index contributed by atoms with van der Waals surface area (Å²) in [5, 5.41) is 0. The van der Waals surface area contributed by atoms with Crippen LogP contribution in [0.2, 0.25) is 0 Å². The molecule has 0 fully saturated rings. The predicted octanol–water partition coefficient (Wildman–Crippen LogP) is 3.46. The summed E-state index contributed by atoms with van der Waals surface area (Å²) in [7, 11) is 0. The molecule has 5 nitrogen and oxygen atoms in total. The normalized spacial score (nSPS) is 17.9. The number of carbonyl (C=O) groups excluding carboxylic acids is 2. The summed E-state index contributed by atoms with van der Waals surface area (Å²) in [6.45, 7) is 6.90. The van der Waals surface area contributed by atoms with Crippen molar-refractivity contribution in [2.24, 2.45) is 11.1 Å². The first-order valence-electron chi connectivity index (χ1n) is 8.84. The van der Waals surface area contributed by atoms with Gasteiger partial charge < -0.3 is 10.6 Å². The highest BCUT2D eigenvalue weighted by Crippen LogP contribution is 2.38. The average Bonchev–Trinajstić information content (AvgIpc) is 2.69. The molecule has 0 radical (unpaired) electrons. The summed E-state index contributed by atoms with van der Waals surface area (Å²) in [4.78, 5) is 29.2. The summed E-state index contributed by atoms with van der Waals surface area (Å²) in [5.41, 5.74) is 8.23. The zero-order valence-electron chi connectivity index (χ0n) is 15.5. The maximum Gasteiger partial charge on any atom is 0.258 e. The van der Waals surface area contributed by atoms with Crippen molar-refractivity contribution in [3.63, 3.8) is 0 Å². The lowest BCUT2D eigenvalue weighted by Crippen LogP contribution is -2.50. The summed E-state index contributed by atoms with van der Waals surface area (Å²) >= 11 is 0. The van der Waals surface area contributed by atoms with E-state index in [1.165, 1.54) is 0 Å². The fourth-order valence-corrected chi connectivity index (χ4v) is 3.05. The van der Waals surface area contributed by atoms with Crippen LogP contribution in [-0.4, -0.2) is 24.4 Å². The van der Waals surface area contributed by atoms with E-state index in [1.807, 2.05) is 54.6 Å². The monoisotopic (exact) mass is 351 g/mol. The van der Waals surface area contributed by atoms with E-state index in [2.05, 4.69) is 20.8 Å². The molecule has 1 heterocycles. The van der Waals surface area contributed by atoms with Crippen LogP contribution < -0.4 is 15.5 Å². The first kappa shape index (κ1) is 18.1. The Kier molecular flexibility index (Phi) is 4.83. The number of hydrogen-bond donors (Lipinski definition) is 1. The van der Waals surface area contributed by atoms with Crippen LogP contribution in [0.15, 0.2) is 54.6 Å². The molecule has 0 bridgehead atoms. The van der Waals surface area contributed by atoms with Crippen molar-refractivity contribution in [1.82, 2.24) is 0 Å². The van der Waals surface area contributed by atoms with E-state index >= 15 is 0 Å². The van der Waals surface area contributed by atoms with Gasteiger partial charge >= 0.3 is 0 Å². The predicted molar refractivity (Wildman–Crippen MR) is 104 cm³/mol. The Morgan fingerprint density at radius 2 is 1.46 bits per heavy atom. The number of carbonyl (C=O) groups is 2. The molecule has 2 N–H and O–H groups in total. The highest BCUT2D eigenvalue weighted by molar-refractivity contribution is 6.22. The molecule has 0 aliphatic carbocycles. The smallest absolute Gasteiger partial charge is 0.258 e. The fraction of sp³-hybridized carbons (Fsp3) is 0.333. The summed E-state index contributed by atoms with van der Waals surface area (Å²) in [6.07, 6.45) is 0.805. The molecular weight excluding hydrogens is 326 g/mol. The number of benzene rings is 2. The SMILES string of the molecule is CC(C)(C)CCN1C(=O)C(N)C(=O)N(c2ccccc2)c2ccccc21. The van der Waals surface area contributed by atoms with E-state index in [0.29, 0.717) is 23.6 Å². The molecule has 136 valence electrons. The van der Waals surface area contributed by atoms with Crippen molar-refractivity contribution in [2.45, 2.75) is 33.2 Å². The van der Waals surface area contributed by atoms with E-state index in [1.54, 1.807) is 9.80 Å². The molecule has 0 saturated carbocycles. The Morgan fingerprint density at radius 1 is 0.885 bits per heavy atom. The number of fused-ring (bicyclic) bond motifs is 1. The Bertz CT molecular complexity index is 812. The van der Waals surface area contributed by atoms with E-state index in [4.69, 9.17) is 5.73 Å². The topological polar surface area (TPSA) is 66.6 Å². The second-order valence-electron chi connectivity index (χ2n) is 7.78. The van der Waals surface area contributed by atoms with Crippen LogP contribution >= 0.6 is 0 Å². The van der Waals surface area contributed by atoms with Crippen LogP contribution in [-0.2, 0) is 9.59 Å². The Morgan fingerprint density at radius 3 is 2.08 bits per heavy atom. The van der Waals surface area contributed by atoms with Crippen molar-refractivity contribution in [3.8, 4) is 0 Å². The van der Waals surface area contributed by atoms with Gasteiger partial charge in [0.05, 0.1) is 11.4 Å². The van der Waals surface area contributed by atoms with Crippen LogP contribution in [0.5, 0.6) is 0 Å². The molecule has 1 atom stereocenters. The van der Waals surface area contributed by atoms with E-state index < -0.39 is 11.9 Å². The number of para-hydroxylation sites is 3. The maximum atomic E-state index is 13.0. The maximum absolute atomic E-state index is 13.0. The lowest BCUT2D eigenvalue weighted by atomic mass is 9.92. The highest BCUT2D eigenvalue weighted by Gasteiger charge is 2.38. The number of rotatable bonds is 3. The minimum Gasteiger partial charge on any atom is -0.312 e. The van der Waals surface area contributed by atoms with Gasteiger partial charge in [0, 0.05) is 12.2 Å². The molecule has 3 rings (SSSR count). The molecular formula is C21H25N3O2. The van der Waals surface area contributed by atoms with Gasteiger partial charge in [-0.25, -0.2) is 0 Å². The third-order valence-corrected chi connectivity index (χ3v) is 4.53. The van der Waals surface area contributed by atoms with Gasteiger partial charge in [-0.2, -0.15) is 0 Å². The first-order valence-corrected chi connectivity index (χ1v) is 8.84. The lowest BCUT2D eigenvalue weighted by Gasteiger charge is -2.28. The standard InChI is InChI=1S/C21H25N3O2/c1-21(2,3)13-14-23-16-11-7-8-12-17(16)24(15-9-5-4-6-10-15)20(26)18(22)19(23)25/h4-12,18H,13-14,22H2,1-3H3. The van der Waals surface area contributed by atoms with Gasteiger partial charge in [0.1, 0.15) is 0 Å². The third kappa shape index (κ3) is 3.48. The lowest BCUT2D eigenvalue weighted by molar-refractivity contribution is -0.127. The van der Waals surface area contributed by atoms with Crippen molar-refractivity contribution in [2.75, 3.05) is 16.3 Å². The van der Waals surface area contributed by atoms with Crippen LogP contribution in [0.4, 0.5) is 17.1 Å². The number of anilines is 3. The van der Waals surface area contributed by atoms with E-state index in [0.717, 1.165) is 6.42 Å². The van der Waals surface area contributed by atoms with Gasteiger partial charge in [0.15, 0.2) is 6.04 Å². The number of amides is 2. The van der Waals surface area contributed by atoms with E-state index in [9.17, 15) is 9.59 Å². The Balaban J connectivity index is 2.11. The van der Waals surface area contributed by atoms with Crippen molar-refractivity contribution >= 4 is 28.9 Å². The summed E-state index contributed by atoms with van der Waals surface area (Å²) in [5.74, 6) is -0.767. The van der Waals surface area contributed by atoms with Crippen LogP contribution in [0.1, 0.15) is 27.2 Å². The first-order chi connectivity index (χ1) is 12.3. The molecule has 0 saturated heterocycles. The van der Waals surface area contributed by atoms with Crippen LogP contribution in [0.25, 0.3) is 0 Å². The molecule has 5 heteroatoms. The van der Waals surface area contributed by atoms with Gasteiger partial charge in [-0.1, -0.05) is 51.1 Å². The van der Waals surface area contributed by atoms with Crippen molar-refractivity contribution in [1.29, 1.82) is 0 Å². The number of nitrogens with zero attached hydrogens (tertiary/aromatic N) is 2. The van der Waals surface area contributed by atoms with Crippen molar-refractivity contribution in [3.05, 3.63) is 54.6 Å². The molecule has 1 aliphatic rings. The number of nitrogens with two attached hydrogens (primary N) is 1. The highest BCUT2D eigenvalue weighted by atomic mass is 16.2. The minimum absolute atomic E-state index is 0.0642. The van der Waals surface area contributed by atoms with Crippen LogP contribution in [0.3, 0.4) is 0 Å². The zero-order valence-corrected chi connectivity index (χ0v) is 15.5. The summed E-state index contributed by atoms with van der Waals surface area (Å²) in [6, 6.07) is 15.6. The molecule has 1 unspecified atom stereocenters. The number of hydrogen-bond acceptors (Lipinski definition) is 3. The van der Waals surface area contributed by atoms with Crippen molar-refractivity contribution < 1.29 is 9.59 Å². The van der Waals surface area contributed by atoms with Gasteiger partial charge in [-0.05, 0) is 36.1 Å². The fourth-order valence-electron chi connectivity index (χ4n) is 3.05. The second-order valence-corrected chi connectivity index (χ2v) is 7.78. The third-order valence-electron chi connectivity index (χ3n) is 4.53. The quantitative estimate of drug-likeness (QED) is 0.861. The zero-order chi connectivity index (χ0) is 18.9. The Labute approximate surface area is 154 Å². The minimum atomic E-state index is -1.22. The summed E-state index contributed by atoms with van der Waals surface area (Å²) < 4.78 is 0. The Hall–Kier alpha value is -2.66. The molecule has 0 aromatic heterocycles. The van der Waals surface area contributed by atoms with Crippen LogP contribution in [0, 0.1) is 5.41 Å². The molecule has 1 aliphatic heterocycles. The van der Waals surface area contributed by atoms with Gasteiger partial charge in [-0.3, -0.25) is 14.5 Å². The molecule has 0 spiro atoms. The van der Waals surface area contributed by atoms with E-state index in [-0.39, 0.29) is 11.3 Å². The molecule has 2 aromatic rings. The second kappa shape index (κ2) is 6.92.